The van der Waals surface area contributed by atoms with Gasteiger partial charge in [-0.25, -0.2) is 0 Å². The van der Waals surface area contributed by atoms with Crippen LogP contribution >= 0.6 is 11.8 Å². The Labute approximate surface area is 123 Å². The molecule has 0 bridgehead atoms. The highest BCUT2D eigenvalue weighted by molar-refractivity contribution is 7.99. The number of rotatable bonds is 4. The second kappa shape index (κ2) is 7.24. The standard InChI is InChI=1S/C15H20O4S/c1-10-12(16)13(17)14(18)15(19-10)20-9-5-8-11-6-3-2-4-7-11/h2-8,10,12-18H,9H2,1H3/b8-5+. The first-order valence-corrected chi connectivity index (χ1v) is 7.67. The molecule has 5 atom stereocenters. The number of hydrogen-bond donors (Lipinski definition) is 3. The van der Waals surface area contributed by atoms with E-state index in [1.165, 1.54) is 11.8 Å². The van der Waals surface area contributed by atoms with Crippen LogP contribution in [0, 0.1) is 0 Å². The van der Waals surface area contributed by atoms with Crippen molar-refractivity contribution in [3.05, 3.63) is 42.0 Å². The molecule has 0 radical (unpaired) electrons. The van der Waals surface area contributed by atoms with Gasteiger partial charge in [-0.3, -0.25) is 0 Å². The van der Waals surface area contributed by atoms with E-state index in [0.717, 1.165) is 5.56 Å². The molecular formula is C15H20O4S. The van der Waals surface area contributed by atoms with Gasteiger partial charge in [0, 0.05) is 5.75 Å². The van der Waals surface area contributed by atoms with Crippen LogP contribution in [0.15, 0.2) is 36.4 Å². The predicted octanol–water partition coefficient (Wildman–Crippen LogP) is 1.26. The van der Waals surface area contributed by atoms with E-state index in [1.807, 2.05) is 42.5 Å². The third-order valence-electron chi connectivity index (χ3n) is 3.27. The summed E-state index contributed by atoms with van der Waals surface area (Å²) < 4.78 is 5.50. The number of hydrogen-bond acceptors (Lipinski definition) is 5. The van der Waals surface area contributed by atoms with Crippen LogP contribution in [0.1, 0.15) is 12.5 Å². The number of ether oxygens (including phenoxy) is 1. The van der Waals surface area contributed by atoms with Crippen LogP contribution in [-0.4, -0.2) is 50.9 Å². The predicted molar refractivity (Wildman–Crippen MR) is 80.3 cm³/mol. The van der Waals surface area contributed by atoms with Crippen molar-refractivity contribution in [1.82, 2.24) is 0 Å². The summed E-state index contributed by atoms with van der Waals surface area (Å²) in [6, 6.07) is 9.93. The molecule has 110 valence electrons. The molecule has 1 fully saturated rings. The molecule has 0 saturated carbocycles. The summed E-state index contributed by atoms with van der Waals surface area (Å²) in [6.45, 7) is 1.69. The number of benzene rings is 1. The molecule has 1 aliphatic heterocycles. The first kappa shape index (κ1) is 15.5. The summed E-state index contributed by atoms with van der Waals surface area (Å²) in [5.74, 6) is 0.659. The van der Waals surface area contributed by atoms with E-state index in [0.29, 0.717) is 5.75 Å². The lowest BCUT2D eigenvalue weighted by molar-refractivity contribution is -0.192. The zero-order valence-corrected chi connectivity index (χ0v) is 12.1. The first-order valence-electron chi connectivity index (χ1n) is 6.62. The average molecular weight is 296 g/mol. The van der Waals surface area contributed by atoms with Crippen LogP contribution in [0.5, 0.6) is 0 Å². The van der Waals surface area contributed by atoms with E-state index < -0.39 is 29.9 Å². The van der Waals surface area contributed by atoms with Crippen LogP contribution in [0.2, 0.25) is 0 Å². The van der Waals surface area contributed by atoms with Crippen LogP contribution < -0.4 is 0 Å². The molecule has 1 heterocycles. The van der Waals surface area contributed by atoms with Gasteiger partial charge in [0.2, 0.25) is 0 Å². The summed E-state index contributed by atoms with van der Waals surface area (Å²) in [6.07, 6.45) is 0.228. The second-order valence-corrected chi connectivity index (χ2v) is 5.96. The van der Waals surface area contributed by atoms with Crippen molar-refractivity contribution in [2.45, 2.75) is 36.8 Å². The Morgan fingerprint density at radius 3 is 2.50 bits per heavy atom. The van der Waals surface area contributed by atoms with Crippen LogP contribution in [0.25, 0.3) is 6.08 Å². The van der Waals surface area contributed by atoms with Gasteiger partial charge in [0.05, 0.1) is 6.10 Å². The van der Waals surface area contributed by atoms with Gasteiger partial charge in [-0.15, -0.1) is 11.8 Å². The smallest absolute Gasteiger partial charge is 0.132 e. The van der Waals surface area contributed by atoms with Crippen LogP contribution in [-0.2, 0) is 4.74 Å². The minimum absolute atomic E-state index is 0.482. The van der Waals surface area contributed by atoms with Crippen molar-refractivity contribution in [3.8, 4) is 0 Å². The summed E-state index contributed by atoms with van der Waals surface area (Å²) in [5, 5.41) is 29.2. The van der Waals surface area contributed by atoms with E-state index in [4.69, 9.17) is 4.74 Å². The number of aliphatic hydroxyl groups is 3. The monoisotopic (exact) mass is 296 g/mol. The molecule has 1 aromatic carbocycles. The molecule has 5 unspecified atom stereocenters. The van der Waals surface area contributed by atoms with Crippen molar-refractivity contribution in [3.63, 3.8) is 0 Å². The molecule has 0 spiro atoms. The summed E-state index contributed by atoms with van der Waals surface area (Å²) >= 11 is 1.40. The fourth-order valence-electron chi connectivity index (χ4n) is 2.05. The fraction of sp³-hybridized carbons (Fsp3) is 0.467. The Bertz CT molecular complexity index is 437. The zero-order valence-electron chi connectivity index (χ0n) is 11.3. The molecule has 1 aliphatic rings. The van der Waals surface area contributed by atoms with Gasteiger partial charge < -0.3 is 20.1 Å². The van der Waals surface area contributed by atoms with Crippen molar-refractivity contribution in [2.75, 3.05) is 5.75 Å². The SMILES string of the molecule is CC1OC(SC/C=C/c2ccccc2)C(O)C(O)C1O. The summed E-state index contributed by atoms with van der Waals surface area (Å²) in [7, 11) is 0. The van der Waals surface area contributed by atoms with Gasteiger partial charge in [0.1, 0.15) is 23.7 Å². The lowest BCUT2D eigenvalue weighted by atomic mass is 10.0. The molecule has 20 heavy (non-hydrogen) atoms. The Balaban J connectivity index is 1.83. The molecular weight excluding hydrogens is 276 g/mol. The molecule has 1 aromatic rings. The fourth-order valence-corrected chi connectivity index (χ4v) is 3.06. The Morgan fingerprint density at radius 2 is 1.80 bits per heavy atom. The van der Waals surface area contributed by atoms with Crippen LogP contribution in [0.3, 0.4) is 0 Å². The molecule has 5 heteroatoms. The van der Waals surface area contributed by atoms with Gasteiger partial charge in [-0.1, -0.05) is 42.5 Å². The quantitative estimate of drug-likeness (QED) is 0.780. The van der Waals surface area contributed by atoms with E-state index >= 15 is 0 Å². The maximum atomic E-state index is 9.86. The molecule has 4 nitrogen and oxygen atoms in total. The van der Waals surface area contributed by atoms with Gasteiger partial charge in [0.15, 0.2) is 0 Å². The Morgan fingerprint density at radius 1 is 1.10 bits per heavy atom. The van der Waals surface area contributed by atoms with E-state index in [1.54, 1.807) is 6.92 Å². The van der Waals surface area contributed by atoms with E-state index in [-0.39, 0.29) is 0 Å². The maximum absolute atomic E-state index is 9.86. The largest absolute Gasteiger partial charge is 0.388 e. The van der Waals surface area contributed by atoms with Crippen molar-refractivity contribution >= 4 is 17.8 Å². The topological polar surface area (TPSA) is 69.9 Å². The lowest BCUT2D eigenvalue weighted by Gasteiger charge is -2.38. The molecule has 2 rings (SSSR count). The highest BCUT2D eigenvalue weighted by Gasteiger charge is 2.41. The highest BCUT2D eigenvalue weighted by Crippen LogP contribution is 2.28. The van der Waals surface area contributed by atoms with Crippen LogP contribution in [0.4, 0.5) is 0 Å². The second-order valence-electron chi connectivity index (χ2n) is 4.83. The molecule has 0 aliphatic carbocycles. The number of aliphatic hydroxyl groups excluding tert-OH is 3. The molecule has 3 N–H and O–H groups in total. The van der Waals surface area contributed by atoms with Gasteiger partial charge in [-0.05, 0) is 12.5 Å². The number of thioether (sulfide) groups is 1. The summed E-state index contributed by atoms with van der Waals surface area (Å²) in [5.41, 5.74) is 0.589. The normalized spacial score (nSPS) is 34.5. The van der Waals surface area contributed by atoms with Crippen molar-refractivity contribution in [2.24, 2.45) is 0 Å². The van der Waals surface area contributed by atoms with Crippen molar-refractivity contribution < 1.29 is 20.1 Å². The minimum atomic E-state index is -1.16. The first-order chi connectivity index (χ1) is 9.59. The highest BCUT2D eigenvalue weighted by atomic mass is 32.2. The Kier molecular flexibility index (Phi) is 5.63. The molecule has 0 amide bonds. The third-order valence-corrected chi connectivity index (χ3v) is 4.38. The lowest BCUT2D eigenvalue weighted by Crippen LogP contribution is -2.55. The zero-order chi connectivity index (χ0) is 14.5. The molecule has 1 saturated heterocycles. The third kappa shape index (κ3) is 3.84. The van der Waals surface area contributed by atoms with E-state index in [9.17, 15) is 15.3 Å². The van der Waals surface area contributed by atoms with Gasteiger partial charge in [0.25, 0.3) is 0 Å². The van der Waals surface area contributed by atoms with Crippen molar-refractivity contribution in [1.29, 1.82) is 0 Å². The summed E-state index contributed by atoms with van der Waals surface area (Å²) in [4.78, 5) is 0. The average Bonchev–Trinajstić information content (AvgIpc) is 2.47. The minimum Gasteiger partial charge on any atom is -0.388 e. The van der Waals surface area contributed by atoms with Gasteiger partial charge in [-0.2, -0.15) is 0 Å². The van der Waals surface area contributed by atoms with E-state index in [2.05, 4.69) is 0 Å². The van der Waals surface area contributed by atoms with Gasteiger partial charge >= 0.3 is 0 Å². The maximum Gasteiger partial charge on any atom is 0.132 e. The Hall–Kier alpha value is -0.850. The molecule has 0 aromatic heterocycles.